The van der Waals surface area contributed by atoms with E-state index in [1.165, 1.54) is 0 Å². The van der Waals surface area contributed by atoms with E-state index < -0.39 is 0 Å². The smallest absolute Gasteiger partial charge is 0.223 e. The fraction of sp³-hybridized carbons (Fsp3) is 0.533. The van der Waals surface area contributed by atoms with E-state index in [0.29, 0.717) is 13.0 Å². The summed E-state index contributed by atoms with van der Waals surface area (Å²) < 4.78 is 0. The highest BCUT2D eigenvalue weighted by atomic mass is 35.5. The van der Waals surface area contributed by atoms with Gasteiger partial charge in [-0.3, -0.25) is 4.79 Å². The molecule has 0 aliphatic carbocycles. The van der Waals surface area contributed by atoms with Crippen molar-refractivity contribution in [1.82, 2.24) is 4.90 Å². The molecule has 18 heavy (non-hydrogen) atoms. The van der Waals surface area contributed by atoms with Gasteiger partial charge in [-0.15, -0.1) is 0 Å². The molecule has 1 amide bonds. The second kappa shape index (κ2) is 7.42. The Morgan fingerprint density at radius 2 is 2.11 bits per heavy atom. The van der Waals surface area contributed by atoms with Crippen LogP contribution >= 0.6 is 11.6 Å². The zero-order valence-electron chi connectivity index (χ0n) is 11.4. The number of benzene rings is 1. The molecule has 100 valence electrons. The fourth-order valence-electron chi connectivity index (χ4n) is 1.86. The summed E-state index contributed by atoms with van der Waals surface area (Å²) in [5.74, 6) is 0.229. The van der Waals surface area contributed by atoms with Crippen LogP contribution in [0.4, 0.5) is 0 Å². The Labute approximate surface area is 115 Å². The third-order valence-corrected chi connectivity index (χ3v) is 3.16. The molecule has 0 N–H and O–H groups in total. The number of carbonyl (C=O) groups excluding carboxylic acids is 1. The Morgan fingerprint density at radius 1 is 1.39 bits per heavy atom. The Morgan fingerprint density at radius 3 is 2.67 bits per heavy atom. The van der Waals surface area contributed by atoms with E-state index in [4.69, 9.17) is 11.6 Å². The number of carbonyl (C=O) groups is 1. The first-order valence-electron chi connectivity index (χ1n) is 6.58. The zero-order valence-corrected chi connectivity index (χ0v) is 12.2. The van der Waals surface area contributed by atoms with Gasteiger partial charge in [0, 0.05) is 24.0 Å². The van der Waals surface area contributed by atoms with Crippen LogP contribution in [0.25, 0.3) is 0 Å². The van der Waals surface area contributed by atoms with Crippen LogP contribution < -0.4 is 0 Å². The molecule has 0 spiro atoms. The van der Waals surface area contributed by atoms with Crippen LogP contribution in [0.3, 0.4) is 0 Å². The number of unbranched alkanes of at least 4 members (excludes halogenated alkanes) is 1. The number of hydrogen-bond donors (Lipinski definition) is 0. The molecule has 1 rings (SSSR count). The average Bonchev–Trinajstić information content (AvgIpc) is 2.32. The van der Waals surface area contributed by atoms with Crippen molar-refractivity contribution in [3.63, 3.8) is 0 Å². The lowest BCUT2D eigenvalue weighted by molar-refractivity contribution is -0.133. The van der Waals surface area contributed by atoms with E-state index in [0.717, 1.165) is 23.4 Å². The molecule has 1 aromatic carbocycles. The maximum absolute atomic E-state index is 12.1. The monoisotopic (exact) mass is 267 g/mol. The minimum atomic E-state index is 0.216. The summed E-state index contributed by atoms with van der Waals surface area (Å²) >= 11 is 5.97. The highest BCUT2D eigenvalue weighted by Gasteiger charge is 2.16. The maximum atomic E-state index is 12.1. The lowest BCUT2D eigenvalue weighted by atomic mass is 10.1. The molecular formula is C15H22ClNO. The summed E-state index contributed by atoms with van der Waals surface area (Å²) in [6, 6.07) is 7.92. The molecule has 0 saturated carbocycles. The van der Waals surface area contributed by atoms with Crippen LogP contribution in [-0.4, -0.2) is 16.8 Å². The minimum Gasteiger partial charge on any atom is -0.336 e. The number of nitrogens with zero attached hydrogens (tertiary/aromatic N) is 1. The molecule has 0 aliphatic rings. The third kappa shape index (κ3) is 4.69. The Bertz CT molecular complexity index is 390. The Hall–Kier alpha value is -1.02. The largest absolute Gasteiger partial charge is 0.336 e. The van der Waals surface area contributed by atoms with E-state index >= 15 is 0 Å². The van der Waals surface area contributed by atoms with Crippen molar-refractivity contribution in [2.24, 2.45) is 0 Å². The van der Waals surface area contributed by atoms with Crippen molar-refractivity contribution in [1.29, 1.82) is 0 Å². The van der Waals surface area contributed by atoms with Gasteiger partial charge >= 0.3 is 0 Å². The molecule has 0 aliphatic heterocycles. The molecule has 0 aromatic heterocycles. The summed E-state index contributed by atoms with van der Waals surface area (Å²) in [6.07, 6.45) is 2.64. The van der Waals surface area contributed by atoms with Gasteiger partial charge in [-0.05, 0) is 38.0 Å². The van der Waals surface area contributed by atoms with E-state index in [1.807, 2.05) is 43.0 Å². The van der Waals surface area contributed by atoms with Crippen molar-refractivity contribution >= 4 is 17.5 Å². The SMILES string of the molecule is CCCCC(=O)N(Cc1cccc(Cl)c1)C(C)C. The summed E-state index contributed by atoms with van der Waals surface area (Å²) in [5, 5.41) is 0.720. The summed E-state index contributed by atoms with van der Waals surface area (Å²) in [4.78, 5) is 14.0. The average molecular weight is 268 g/mol. The van der Waals surface area contributed by atoms with Crippen molar-refractivity contribution in [2.75, 3.05) is 0 Å². The van der Waals surface area contributed by atoms with E-state index in [9.17, 15) is 4.79 Å². The normalized spacial score (nSPS) is 10.7. The molecule has 0 heterocycles. The van der Waals surface area contributed by atoms with Crippen molar-refractivity contribution in [2.45, 2.75) is 52.6 Å². The van der Waals surface area contributed by atoms with E-state index in [2.05, 4.69) is 6.92 Å². The van der Waals surface area contributed by atoms with Crippen LogP contribution in [0.5, 0.6) is 0 Å². The number of amides is 1. The molecule has 0 atom stereocenters. The molecule has 0 saturated heterocycles. The first kappa shape index (κ1) is 15.0. The van der Waals surface area contributed by atoms with Gasteiger partial charge in [-0.2, -0.15) is 0 Å². The molecule has 1 aromatic rings. The molecule has 0 fully saturated rings. The second-order valence-corrected chi connectivity index (χ2v) is 5.29. The van der Waals surface area contributed by atoms with Crippen LogP contribution in [0.2, 0.25) is 5.02 Å². The maximum Gasteiger partial charge on any atom is 0.223 e. The van der Waals surface area contributed by atoms with Gasteiger partial charge in [0.25, 0.3) is 0 Å². The topological polar surface area (TPSA) is 20.3 Å². The van der Waals surface area contributed by atoms with Gasteiger partial charge < -0.3 is 4.90 Å². The standard InChI is InChI=1S/C15H22ClNO/c1-4-5-9-15(18)17(12(2)3)11-13-7-6-8-14(16)10-13/h6-8,10,12H,4-5,9,11H2,1-3H3. The van der Waals surface area contributed by atoms with Crippen LogP contribution in [0, 0.1) is 0 Å². The minimum absolute atomic E-state index is 0.216. The molecule has 3 heteroatoms. The van der Waals surface area contributed by atoms with Crippen LogP contribution in [-0.2, 0) is 11.3 Å². The van der Waals surface area contributed by atoms with Crippen molar-refractivity contribution < 1.29 is 4.79 Å². The Balaban J connectivity index is 2.71. The first-order chi connectivity index (χ1) is 8.54. The van der Waals surface area contributed by atoms with Crippen molar-refractivity contribution in [3.8, 4) is 0 Å². The van der Waals surface area contributed by atoms with Gasteiger partial charge in [0.1, 0.15) is 0 Å². The van der Waals surface area contributed by atoms with Gasteiger partial charge in [0.15, 0.2) is 0 Å². The van der Waals surface area contributed by atoms with Crippen LogP contribution in [0.1, 0.15) is 45.6 Å². The summed E-state index contributed by atoms with van der Waals surface area (Å²) in [6.45, 7) is 6.84. The van der Waals surface area contributed by atoms with E-state index in [1.54, 1.807) is 0 Å². The molecule has 2 nitrogen and oxygen atoms in total. The van der Waals surface area contributed by atoms with Gasteiger partial charge in [-0.25, -0.2) is 0 Å². The highest BCUT2D eigenvalue weighted by Crippen LogP contribution is 2.15. The van der Waals surface area contributed by atoms with Gasteiger partial charge in [0.2, 0.25) is 5.91 Å². The quantitative estimate of drug-likeness (QED) is 0.754. The fourth-order valence-corrected chi connectivity index (χ4v) is 2.08. The Kier molecular flexibility index (Phi) is 6.20. The highest BCUT2D eigenvalue weighted by molar-refractivity contribution is 6.30. The van der Waals surface area contributed by atoms with E-state index in [-0.39, 0.29) is 11.9 Å². The number of hydrogen-bond acceptors (Lipinski definition) is 1. The summed E-state index contributed by atoms with van der Waals surface area (Å²) in [7, 11) is 0. The molecular weight excluding hydrogens is 246 g/mol. The first-order valence-corrected chi connectivity index (χ1v) is 6.96. The number of rotatable bonds is 6. The van der Waals surface area contributed by atoms with Crippen molar-refractivity contribution in [3.05, 3.63) is 34.9 Å². The van der Waals surface area contributed by atoms with Gasteiger partial charge in [-0.1, -0.05) is 37.1 Å². The van der Waals surface area contributed by atoms with Crippen LogP contribution in [0.15, 0.2) is 24.3 Å². The summed E-state index contributed by atoms with van der Waals surface area (Å²) in [5.41, 5.74) is 1.08. The predicted molar refractivity (Wildman–Crippen MR) is 76.7 cm³/mol. The molecule has 0 bridgehead atoms. The zero-order chi connectivity index (χ0) is 13.5. The predicted octanol–water partition coefficient (Wildman–Crippen LogP) is 4.27. The second-order valence-electron chi connectivity index (χ2n) is 4.85. The number of halogens is 1. The molecule has 0 unspecified atom stereocenters. The molecule has 0 radical (unpaired) electrons. The lowest BCUT2D eigenvalue weighted by Gasteiger charge is -2.27. The van der Waals surface area contributed by atoms with Gasteiger partial charge in [0.05, 0.1) is 0 Å². The third-order valence-electron chi connectivity index (χ3n) is 2.93. The lowest BCUT2D eigenvalue weighted by Crippen LogP contribution is -2.36.